The molecule has 0 radical (unpaired) electrons. The lowest BCUT2D eigenvalue weighted by Gasteiger charge is -2.15. The first-order valence-corrected chi connectivity index (χ1v) is 10.7. The lowest BCUT2D eigenvalue weighted by Crippen LogP contribution is -2.10. The van der Waals surface area contributed by atoms with E-state index in [4.69, 9.17) is 4.74 Å². The minimum Gasteiger partial charge on any atom is -0.477 e. The second-order valence-corrected chi connectivity index (χ2v) is 8.08. The third kappa shape index (κ3) is 4.02. The molecule has 6 heteroatoms. The molecule has 0 unspecified atom stereocenters. The van der Waals surface area contributed by atoms with Crippen LogP contribution in [-0.2, 0) is 6.54 Å². The van der Waals surface area contributed by atoms with Crippen molar-refractivity contribution in [3.8, 4) is 17.3 Å². The Bertz CT molecular complexity index is 1200. The summed E-state index contributed by atoms with van der Waals surface area (Å²) in [5, 5.41) is 0. The van der Waals surface area contributed by atoms with Crippen molar-refractivity contribution in [3.63, 3.8) is 0 Å². The molecule has 158 valence electrons. The summed E-state index contributed by atoms with van der Waals surface area (Å²) in [6, 6.07) is 15.9. The number of ether oxygens (including phenoxy) is 1. The van der Waals surface area contributed by atoms with Gasteiger partial charge in [0.05, 0.1) is 23.2 Å². The molecule has 0 saturated heterocycles. The zero-order chi connectivity index (χ0) is 21.2. The van der Waals surface area contributed by atoms with Crippen LogP contribution in [0.1, 0.15) is 31.2 Å². The second kappa shape index (κ2) is 8.46. The Morgan fingerprint density at radius 3 is 2.55 bits per heavy atom. The van der Waals surface area contributed by atoms with Gasteiger partial charge in [-0.15, -0.1) is 0 Å². The minimum atomic E-state index is -0.910. The molecular weight excluding hydrogens is 396 g/mol. The maximum absolute atomic E-state index is 14.1. The first-order valence-electron chi connectivity index (χ1n) is 10.7. The van der Waals surface area contributed by atoms with Gasteiger partial charge in [0.1, 0.15) is 5.82 Å². The van der Waals surface area contributed by atoms with E-state index in [1.54, 1.807) is 6.20 Å². The van der Waals surface area contributed by atoms with Crippen LogP contribution < -0.4 is 4.74 Å². The van der Waals surface area contributed by atoms with Crippen LogP contribution in [0.4, 0.5) is 8.78 Å². The molecule has 0 aliphatic heterocycles. The van der Waals surface area contributed by atoms with Crippen molar-refractivity contribution in [2.75, 3.05) is 6.61 Å². The van der Waals surface area contributed by atoms with Crippen molar-refractivity contribution >= 4 is 11.0 Å². The van der Waals surface area contributed by atoms with Crippen LogP contribution in [0.3, 0.4) is 0 Å². The average Bonchev–Trinajstić information content (AvgIpc) is 3.42. The van der Waals surface area contributed by atoms with E-state index in [1.165, 1.54) is 31.7 Å². The largest absolute Gasteiger partial charge is 0.477 e. The summed E-state index contributed by atoms with van der Waals surface area (Å²) in [7, 11) is 0. The average molecular weight is 419 g/mol. The number of pyridine rings is 1. The van der Waals surface area contributed by atoms with Crippen molar-refractivity contribution in [1.29, 1.82) is 0 Å². The van der Waals surface area contributed by atoms with E-state index in [9.17, 15) is 8.78 Å². The van der Waals surface area contributed by atoms with E-state index < -0.39 is 11.6 Å². The van der Waals surface area contributed by atoms with Gasteiger partial charge in [0, 0.05) is 24.9 Å². The molecule has 1 aliphatic carbocycles. The lowest BCUT2D eigenvalue weighted by atomic mass is 10.1. The van der Waals surface area contributed by atoms with Gasteiger partial charge in [-0.05, 0) is 36.5 Å². The van der Waals surface area contributed by atoms with Gasteiger partial charge in [-0.2, -0.15) is 0 Å². The van der Waals surface area contributed by atoms with Crippen molar-refractivity contribution in [3.05, 3.63) is 78.0 Å². The topological polar surface area (TPSA) is 39.9 Å². The smallest absolute Gasteiger partial charge is 0.224 e. The van der Waals surface area contributed by atoms with Gasteiger partial charge in [0.2, 0.25) is 5.88 Å². The summed E-state index contributed by atoms with van der Waals surface area (Å²) < 4.78 is 36.0. The van der Waals surface area contributed by atoms with Gasteiger partial charge in [-0.3, -0.25) is 0 Å². The maximum Gasteiger partial charge on any atom is 0.224 e. The van der Waals surface area contributed by atoms with Crippen molar-refractivity contribution in [2.45, 2.75) is 32.2 Å². The molecule has 0 N–H and O–H groups in total. The number of fused-ring (bicyclic) bond motifs is 1. The summed E-state index contributed by atoms with van der Waals surface area (Å²) in [6.07, 6.45) is 6.53. The van der Waals surface area contributed by atoms with Gasteiger partial charge >= 0.3 is 0 Å². The Morgan fingerprint density at radius 1 is 0.968 bits per heavy atom. The van der Waals surface area contributed by atoms with Crippen molar-refractivity contribution in [2.24, 2.45) is 5.92 Å². The standard InChI is InChI=1S/C25H23F2N3O/c26-20-13-22-23(14-21(20)27)30(15-17-7-2-1-3-8-17)24(29-22)19-11-6-12-28-25(19)31-16-18-9-4-5-10-18/h1-3,6-8,11-14,18H,4-5,9-10,15-16H2. The molecule has 1 aliphatic rings. The van der Waals surface area contributed by atoms with Crippen LogP contribution in [-0.4, -0.2) is 21.1 Å². The van der Waals surface area contributed by atoms with Crippen LogP contribution in [0.5, 0.6) is 5.88 Å². The number of hydrogen-bond donors (Lipinski definition) is 0. The van der Waals surface area contributed by atoms with Crippen LogP contribution in [0.15, 0.2) is 60.8 Å². The molecule has 5 rings (SSSR count). The number of aromatic nitrogens is 3. The van der Waals surface area contributed by atoms with E-state index in [1.807, 2.05) is 47.0 Å². The molecule has 4 nitrogen and oxygen atoms in total. The number of nitrogens with zero attached hydrogens (tertiary/aromatic N) is 3. The maximum atomic E-state index is 14.1. The lowest BCUT2D eigenvalue weighted by molar-refractivity contribution is 0.244. The number of benzene rings is 2. The van der Waals surface area contributed by atoms with E-state index in [0.29, 0.717) is 47.4 Å². The summed E-state index contributed by atoms with van der Waals surface area (Å²) in [5.74, 6) is -0.177. The molecule has 0 atom stereocenters. The molecule has 31 heavy (non-hydrogen) atoms. The van der Waals surface area contributed by atoms with Crippen molar-refractivity contribution < 1.29 is 13.5 Å². The molecule has 0 bridgehead atoms. The molecular formula is C25H23F2N3O. The van der Waals surface area contributed by atoms with Gasteiger partial charge in [-0.1, -0.05) is 43.2 Å². The first-order chi connectivity index (χ1) is 15.2. The minimum absolute atomic E-state index is 0.399. The molecule has 2 aromatic heterocycles. The highest BCUT2D eigenvalue weighted by atomic mass is 19.2. The fourth-order valence-corrected chi connectivity index (χ4v) is 4.30. The van der Waals surface area contributed by atoms with Gasteiger partial charge in [0.15, 0.2) is 11.6 Å². The molecule has 2 heterocycles. The first kappa shape index (κ1) is 19.7. The Hall–Kier alpha value is -3.28. The van der Waals surface area contributed by atoms with Crippen LogP contribution in [0, 0.1) is 17.6 Å². The van der Waals surface area contributed by atoms with Crippen molar-refractivity contribution in [1.82, 2.24) is 14.5 Å². The fraction of sp³-hybridized carbons (Fsp3) is 0.280. The van der Waals surface area contributed by atoms with Crippen LogP contribution in [0.2, 0.25) is 0 Å². The zero-order valence-electron chi connectivity index (χ0n) is 17.1. The van der Waals surface area contributed by atoms with Gasteiger partial charge in [0.25, 0.3) is 0 Å². The third-order valence-corrected chi connectivity index (χ3v) is 5.92. The second-order valence-electron chi connectivity index (χ2n) is 8.08. The third-order valence-electron chi connectivity index (χ3n) is 5.92. The summed E-state index contributed by atoms with van der Waals surface area (Å²) in [4.78, 5) is 9.10. The van der Waals surface area contributed by atoms with E-state index in [2.05, 4.69) is 9.97 Å². The van der Waals surface area contributed by atoms with Gasteiger partial charge in [-0.25, -0.2) is 18.7 Å². The Morgan fingerprint density at radius 2 is 1.74 bits per heavy atom. The number of rotatable bonds is 6. The SMILES string of the molecule is Fc1cc2nc(-c3cccnc3OCC3CCCC3)n(Cc3ccccc3)c2cc1F. The predicted molar refractivity (Wildman–Crippen MR) is 116 cm³/mol. The Kier molecular flexibility index (Phi) is 5.37. The van der Waals surface area contributed by atoms with Crippen LogP contribution in [0.25, 0.3) is 22.4 Å². The highest BCUT2D eigenvalue weighted by Crippen LogP contribution is 2.33. The molecule has 1 saturated carbocycles. The predicted octanol–water partition coefficient (Wildman–Crippen LogP) is 5.99. The number of hydrogen-bond acceptors (Lipinski definition) is 3. The number of imidazole rings is 1. The monoisotopic (exact) mass is 419 g/mol. The molecule has 0 spiro atoms. The van der Waals surface area contributed by atoms with E-state index in [-0.39, 0.29) is 0 Å². The molecule has 0 amide bonds. The molecule has 1 fully saturated rings. The molecule has 4 aromatic rings. The number of halogens is 2. The van der Waals surface area contributed by atoms with E-state index >= 15 is 0 Å². The Labute approximate surface area is 179 Å². The summed E-state index contributed by atoms with van der Waals surface area (Å²) in [6.45, 7) is 1.08. The highest BCUT2D eigenvalue weighted by Gasteiger charge is 2.21. The summed E-state index contributed by atoms with van der Waals surface area (Å²) in [5.41, 5.74) is 2.68. The van der Waals surface area contributed by atoms with E-state index in [0.717, 1.165) is 11.6 Å². The Balaban J connectivity index is 1.60. The highest BCUT2D eigenvalue weighted by molar-refractivity contribution is 5.82. The normalized spacial score (nSPS) is 14.4. The van der Waals surface area contributed by atoms with Gasteiger partial charge < -0.3 is 9.30 Å². The zero-order valence-corrected chi connectivity index (χ0v) is 17.1. The quantitative estimate of drug-likeness (QED) is 0.385. The summed E-state index contributed by atoms with van der Waals surface area (Å²) >= 11 is 0. The molecule has 2 aromatic carbocycles. The van der Waals surface area contributed by atoms with Crippen LogP contribution >= 0.6 is 0 Å². The fourth-order valence-electron chi connectivity index (χ4n) is 4.30.